The van der Waals surface area contributed by atoms with Crippen molar-refractivity contribution in [2.45, 2.75) is 33.9 Å². The molecule has 3 aromatic heterocycles. The van der Waals surface area contributed by atoms with Crippen molar-refractivity contribution in [3.8, 4) is 0 Å². The summed E-state index contributed by atoms with van der Waals surface area (Å²) in [4.78, 5) is 16.3. The van der Waals surface area contributed by atoms with Gasteiger partial charge >= 0.3 is 11.8 Å². The summed E-state index contributed by atoms with van der Waals surface area (Å²) in [7, 11) is 1.95. The van der Waals surface area contributed by atoms with E-state index in [1.165, 1.54) is 0 Å². The highest BCUT2D eigenvalue weighted by molar-refractivity contribution is 9.10. The molecule has 0 radical (unpaired) electrons. The number of carbonyl (C=O) groups is 1. The zero-order valence-electron chi connectivity index (χ0n) is 14.5. The highest BCUT2D eigenvalue weighted by Crippen LogP contribution is 2.20. The summed E-state index contributed by atoms with van der Waals surface area (Å²) >= 11 is 3.48. The number of aryl methyl sites for hydroxylation is 2. The molecule has 0 unspecified atom stereocenters. The molecule has 0 atom stereocenters. The molecule has 8 nitrogen and oxygen atoms in total. The van der Waals surface area contributed by atoms with E-state index in [1.807, 2.05) is 44.5 Å². The van der Waals surface area contributed by atoms with Crippen LogP contribution in [0.25, 0.3) is 0 Å². The number of hydrogen-bond acceptors (Lipinski definition) is 5. The number of aromatic nitrogens is 5. The van der Waals surface area contributed by atoms with E-state index in [4.69, 9.17) is 4.52 Å². The topological polar surface area (TPSA) is 90.8 Å². The molecular weight excluding hydrogens is 388 g/mol. The van der Waals surface area contributed by atoms with Crippen LogP contribution in [0.15, 0.2) is 21.1 Å². The third-order valence-electron chi connectivity index (χ3n) is 4.15. The molecule has 0 fully saturated rings. The van der Waals surface area contributed by atoms with Gasteiger partial charge in [0.25, 0.3) is 0 Å². The maximum atomic E-state index is 12.2. The van der Waals surface area contributed by atoms with Crippen molar-refractivity contribution in [3.63, 3.8) is 0 Å². The maximum absolute atomic E-state index is 12.2. The molecule has 0 aliphatic carbocycles. The predicted molar refractivity (Wildman–Crippen MR) is 94.1 cm³/mol. The zero-order chi connectivity index (χ0) is 18.1. The molecule has 9 heteroatoms. The normalized spacial score (nSPS) is 11.1. The van der Waals surface area contributed by atoms with E-state index in [-0.39, 0.29) is 5.89 Å². The number of halogens is 1. The summed E-state index contributed by atoms with van der Waals surface area (Å²) in [6.45, 7) is 6.60. The number of amides is 1. The van der Waals surface area contributed by atoms with E-state index >= 15 is 0 Å². The highest BCUT2D eigenvalue weighted by atomic mass is 79.9. The molecule has 132 valence electrons. The first kappa shape index (κ1) is 17.4. The van der Waals surface area contributed by atoms with E-state index in [9.17, 15) is 4.79 Å². The third kappa shape index (κ3) is 3.51. The third-order valence-corrected chi connectivity index (χ3v) is 5.30. The van der Waals surface area contributed by atoms with E-state index in [0.29, 0.717) is 18.9 Å². The highest BCUT2D eigenvalue weighted by Gasteiger charge is 2.17. The van der Waals surface area contributed by atoms with Gasteiger partial charge in [0, 0.05) is 18.4 Å². The molecule has 1 amide bonds. The molecule has 0 spiro atoms. The minimum absolute atomic E-state index is 0.0541. The van der Waals surface area contributed by atoms with Crippen LogP contribution in [0.5, 0.6) is 0 Å². The first-order valence-corrected chi connectivity index (χ1v) is 8.57. The summed E-state index contributed by atoms with van der Waals surface area (Å²) in [6, 6.07) is 3.97. The fourth-order valence-electron chi connectivity index (χ4n) is 2.46. The predicted octanol–water partition coefficient (Wildman–Crippen LogP) is 2.27. The van der Waals surface area contributed by atoms with Gasteiger partial charge in [-0.3, -0.25) is 9.48 Å². The second-order valence-electron chi connectivity index (χ2n) is 5.87. The summed E-state index contributed by atoms with van der Waals surface area (Å²) in [6.07, 6.45) is 0. The molecule has 0 saturated heterocycles. The van der Waals surface area contributed by atoms with Crippen molar-refractivity contribution < 1.29 is 9.32 Å². The molecule has 0 aromatic carbocycles. The summed E-state index contributed by atoms with van der Waals surface area (Å²) in [5.74, 6) is -0.0494. The van der Waals surface area contributed by atoms with Crippen molar-refractivity contribution in [2.75, 3.05) is 0 Å². The average Bonchev–Trinajstić information content (AvgIpc) is 3.24. The van der Waals surface area contributed by atoms with Gasteiger partial charge in [-0.2, -0.15) is 10.1 Å². The van der Waals surface area contributed by atoms with Gasteiger partial charge in [-0.05, 0) is 48.8 Å². The number of carbonyl (C=O) groups excluding carboxylic acids is 1. The lowest BCUT2D eigenvalue weighted by atomic mass is 10.4. The monoisotopic (exact) mass is 406 g/mol. The van der Waals surface area contributed by atoms with Crippen molar-refractivity contribution in [3.05, 3.63) is 51.1 Å². The minimum atomic E-state index is -0.396. The quantitative estimate of drug-likeness (QED) is 0.701. The van der Waals surface area contributed by atoms with E-state index in [1.54, 1.807) is 4.68 Å². The molecule has 0 saturated carbocycles. The fraction of sp³-hybridized carbons (Fsp3) is 0.375. The Kier molecular flexibility index (Phi) is 4.76. The van der Waals surface area contributed by atoms with Crippen molar-refractivity contribution in [1.82, 2.24) is 29.8 Å². The number of nitrogens with zero attached hydrogens (tertiary/aromatic N) is 5. The van der Waals surface area contributed by atoms with Crippen LogP contribution in [0.4, 0.5) is 0 Å². The maximum Gasteiger partial charge on any atom is 0.316 e. The number of nitrogens with one attached hydrogen (secondary N) is 1. The van der Waals surface area contributed by atoms with Gasteiger partial charge in [-0.25, -0.2) is 0 Å². The fourth-order valence-corrected chi connectivity index (χ4v) is 2.75. The second-order valence-corrected chi connectivity index (χ2v) is 6.66. The standard InChI is InChI=1S/C16H19BrN6O2/c1-9-5-6-12(22(9)4)7-18-15(24)16-19-13(21-25-16)8-23-11(3)14(17)10(2)20-23/h5-6H,7-8H2,1-4H3,(H,18,24). The first-order valence-electron chi connectivity index (χ1n) is 7.78. The molecule has 0 aliphatic heterocycles. The molecule has 25 heavy (non-hydrogen) atoms. The van der Waals surface area contributed by atoms with Gasteiger partial charge < -0.3 is 14.4 Å². The Morgan fingerprint density at radius 1 is 1.32 bits per heavy atom. The number of rotatable bonds is 5. The Morgan fingerprint density at radius 3 is 2.68 bits per heavy atom. The van der Waals surface area contributed by atoms with Crippen LogP contribution in [0.3, 0.4) is 0 Å². The molecule has 3 aromatic rings. The van der Waals surface area contributed by atoms with Crippen LogP contribution in [-0.4, -0.2) is 30.4 Å². The van der Waals surface area contributed by atoms with Gasteiger partial charge in [0.1, 0.15) is 6.54 Å². The largest absolute Gasteiger partial charge is 0.350 e. The summed E-state index contributed by atoms with van der Waals surface area (Å²) in [5.41, 5.74) is 3.97. The van der Waals surface area contributed by atoms with Gasteiger partial charge in [0.15, 0.2) is 5.82 Å². The van der Waals surface area contributed by atoms with Gasteiger partial charge in [-0.1, -0.05) is 5.16 Å². The molecule has 0 aliphatic rings. The first-order chi connectivity index (χ1) is 11.9. The molecule has 3 rings (SSSR count). The SMILES string of the molecule is Cc1nn(Cc2noc(C(=O)NCc3ccc(C)n3C)n2)c(C)c1Br. The lowest BCUT2D eigenvalue weighted by Crippen LogP contribution is -2.24. The number of hydrogen-bond donors (Lipinski definition) is 1. The van der Waals surface area contributed by atoms with E-state index in [0.717, 1.165) is 27.2 Å². The second kappa shape index (κ2) is 6.83. The molecule has 1 N–H and O–H groups in total. The lowest BCUT2D eigenvalue weighted by molar-refractivity contribution is 0.0906. The molecule has 3 heterocycles. The van der Waals surface area contributed by atoms with Crippen LogP contribution in [0.1, 0.15) is 39.3 Å². The van der Waals surface area contributed by atoms with Gasteiger partial charge in [0.05, 0.1) is 22.4 Å². The van der Waals surface area contributed by atoms with E-state index < -0.39 is 5.91 Å². The average molecular weight is 407 g/mol. The Balaban J connectivity index is 1.65. The minimum Gasteiger partial charge on any atom is -0.350 e. The zero-order valence-corrected chi connectivity index (χ0v) is 16.1. The van der Waals surface area contributed by atoms with Crippen molar-refractivity contribution in [1.29, 1.82) is 0 Å². The van der Waals surface area contributed by atoms with Gasteiger partial charge in [-0.15, -0.1) is 0 Å². The van der Waals surface area contributed by atoms with Crippen molar-refractivity contribution in [2.24, 2.45) is 7.05 Å². The smallest absolute Gasteiger partial charge is 0.316 e. The summed E-state index contributed by atoms with van der Waals surface area (Å²) < 4.78 is 9.79. The van der Waals surface area contributed by atoms with Crippen LogP contribution < -0.4 is 5.32 Å². The Bertz CT molecular complexity index is 923. The van der Waals surface area contributed by atoms with Crippen molar-refractivity contribution >= 4 is 21.8 Å². The summed E-state index contributed by atoms with van der Waals surface area (Å²) in [5, 5.41) is 11.0. The van der Waals surface area contributed by atoms with Gasteiger partial charge in [0.2, 0.25) is 0 Å². The van der Waals surface area contributed by atoms with Crippen LogP contribution in [0.2, 0.25) is 0 Å². The molecule has 0 bridgehead atoms. The van der Waals surface area contributed by atoms with E-state index in [2.05, 4.69) is 36.5 Å². The Labute approximate surface area is 153 Å². The van der Waals surface area contributed by atoms with Crippen LogP contribution >= 0.6 is 15.9 Å². The lowest BCUT2D eigenvalue weighted by Gasteiger charge is -2.05. The Morgan fingerprint density at radius 2 is 2.08 bits per heavy atom. The molecular formula is C16H19BrN6O2. The Hall–Kier alpha value is -2.42. The van der Waals surface area contributed by atoms with Crippen LogP contribution in [0, 0.1) is 20.8 Å². The van der Waals surface area contributed by atoms with Crippen LogP contribution in [-0.2, 0) is 20.1 Å².